The van der Waals surface area contributed by atoms with Gasteiger partial charge >= 0.3 is 0 Å². The molecule has 0 aliphatic heterocycles. The third-order valence-electron chi connectivity index (χ3n) is 3.41. The number of nitrogens with zero attached hydrogens (tertiary/aromatic N) is 2. The van der Waals surface area contributed by atoms with Crippen molar-refractivity contribution in [2.75, 3.05) is 12.4 Å². The van der Waals surface area contributed by atoms with Crippen molar-refractivity contribution >= 4 is 16.7 Å². The fourth-order valence-corrected chi connectivity index (χ4v) is 2.36. The van der Waals surface area contributed by atoms with Crippen molar-refractivity contribution in [1.82, 2.24) is 9.55 Å². The van der Waals surface area contributed by atoms with Gasteiger partial charge in [-0.2, -0.15) is 0 Å². The van der Waals surface area contributed by atoms with Crippen molar-refractivity contribution in [3.8, 4) is 0 Å². The van der Waals surface area contributed by atoms with Gasteiger partial charge in [0.05, 0.1) is 17.4 Å². The zero-order valence-corrected chi connectivity index (χ0v) is 11.2. The third-order valence-corrected chi connectivity index (χ3v) is 3.41. The van der Waals surface area contributed by atoms with Gasteiger partial charge in [0.1, 0.15) is 0 Å². The Hall–Kier alpha value is -2.29. The lowest BCUT2D eigenvalue weighted by molar-refractivity contribution is 0.947. The standard InChI is InChI=1S/C16H17N3/c1-17-14-5-3-4-12(9-14)8-13-6-7-16-15(10-13)18-11-19(16)2/h3-7,9-11,17H,8H2,1-2H3. The first-order chi connectivity index (χ1) is 9.26. The highest BCUT2D eigenvalue weighted by Gasteiger charge is 2.02. The molecule has 3 rings (SSSR count). The molecule has 0 fully saturated rings. The number of hydrogen-bond acceptors (Lipinski definition) is 2. The van der Waals surface area contributed by atoms with Gasteiger partial charge in [0.25, 0.3) is 0 Å². The van der Waals surface area contributed by atoms with Gasteiger partial charge in [0.2, 0.25) is 0 Å². The van der Waals surface area contributed by atoms with E-state index in [4.69, 9.17) is 0 Å². The highest BCUT2D eigenvalue weighted by molar-refractivity contribution is 5.76. The second-order valence-corrected chi connectivity index (χ2v) is 4.81. The number of nitrogens with one attached hydrogen (secondary N) is 1. The van der Waals surface area contributed by atoms with Gasteiger partial charge in [-0.05, 0) is 41.8 Å². The predicted molar refractivity (Wildman–Crippen MR) is 79.5 cm³/mol. The number of hydrogen-bond donors (Lipinski definition) is 1. The van der Waals surface area contributed by atoms with Crippen LogP contribution in [0.3, 0.4) is 0 Å². The summed E-state index contributed by atoms with van der Waals surface area (Å²) in [7, 11) is 3.96. The molecule has 0 aliphatic rings. The molecule has 1 N–H and O–H groups in total. The van der Waals surface area contributed by atoms with E-state index in [0.29, 0.717) is 0 Å². The number of rotatable bonds is 3. The summed E-state index contributed by atoms with van der Waals surface area (Å²) in [5.74, 6) is 0. The number of imidazole rings is 1. The highest BCUT2D eigenvalue weighted by Crippen LogP contribution is 2.18. The molecule has 2 aromatic carbocycles. The number of aryl methyl sites for hydroxylation is 1. The monoisotopic (exact) mass is 251 g/mol. The first-order valence-corrected chi connectivity index (χ1v) is 6.43. The highest BCUT2D eigenvalue weighted by atomic mass is 15.0. The summed E-state index contributed by atoms with van der Waals surface area (Å²) in [5.41, 5.74) is 5.98. The second kappa shape index (κ2) is 4.76. The van der Waals surface area contributed by atoms with E-state index >= 15 is 0 Å². The van der Waals surface area contributed by atoms with E-state index < -0.39 is 0 Å². The minimum absolute atomic E-state index is 0.933. The van der Waals surface area contributed by atoms with Crippen LogP contribution >= 0.6 is 0 Å². The molecule has 1 heterocycles. The van der Waals surface area contributed by atoms with Crippen LogP contribution in [0.5, 0.6) is 0 Å². The van der Waals surface area contributed by atoms with Crippen LogP contribution in [0.25, 0.3) is 11.0 Å². The second-order valence-electron chi connectivity index (χ2n) is 4.81. The van der Waals surface area contributed by atoms with E-state index in [1.54, 1.807) is 0 Å². The lowest BCUT2D eigenvalue weighted by Crippen LogP contribution is -1.92. The molecule has 3 heteroatoms. The average molecular weight is 251 g/mol. The molecule has 0 saturated carbocycles. The Morgan fingerprint density at radius 2 is 1.95 bits per heavy atom. The lowest BCUT2D eigenvalue weighted by Gasteiger charge is -2.05. The van der Waals surface area contributed by atoms with Crippen molar-refractivity contribution < 1.29 is 0 Å². The van der Waals surface area contributed by atoms with Crippen molar-refractivity contribution in [3.63, 3.8) is 0 Å². The summed E-state index contributed by atoms with van der Waals surface area (Å²) in [6.07, 6.45) is 2.79. The minimum Gasteiger partial charge on any atom is -0.388 e. The van der Waals surface area contributed by atoms with Crippen LogP contribution in [0.4, 0.5) is 5.69 Å². The van der Waals surface area contributed by atoms with Crippen LogP contribution < -0.4 is 5.32 Å². The number of fused-ring (bicyclic) bond motifs is 1. The molecule has 0 aliphatic carbocycles. The molecule has 0 bridgehead atoms. The Labute approximate surface area is 112 Å². The topological polar surface area (TPSA) is 29.9 Å². The Morgan fingerprint density at radius 1 is 1.11 bits per heavy atom. The lowest BCUT2D eigenvalue weighted by atomic mass is 10.0. The summed E-state index contributed by atoms with van der Waals surface area (Å²) in [6.45, 7) is 0. The summed E-state index contributed by atoms with van der Waals surface area (Å²) in [4.78, 5) is 4.40. The molecular formula is C16H17N3. The van der Waals surface area contributed by atoms with Crippen LogP contribution in [0.2, 0.25) is 0 Å². The Kier molecular flexibility index (Phi) is 2.95. The predicted octanol–water partition coefficient (Wildman–Crippen LogP) is 3.21. The average Bonchev–Trinajstić information content (AvgIpc) is 2.80. The van der Waals surface area contributed by atoms with E-state index in [1.807, 2.05) is 25.0 Å². The molecule has 0 radical (unpaired) electrons. The van der Waals surface area contributed by atoms with Gasteiger partial charge < -0.3 is 9.88 Å². The zero-order valence-electron chi connectivity index (χ0n) is 11.2. The Morgan fingerprint density at radius 3 is 2.79 bits per heavy atom. The molecule has 19 heavy (non-hydrogen) atoms. The van der Waals surface area contributed by atoms with Crippen molar-refractivity contribution in [2.24, 2.45) is 7.05 Å². The maximum atomic E-state index is 4.40. The van der Waals surface area contributed by atoms with Gasteiger partial charge in [-0.25, -0.2) is 4.98 Å². The van der Waals surface area contributed by atoms with E-state index in [9.17, 15) is 0 Å². The molecule has 96 valence electrons. The molecule has 0 spiro atoms. The molecule has 1 aromatic heterocycles. The van der Waals surface area contributed by atoms with Gasteiger partial charge in [-0.3, -0.25) is 0 Å². The molecule has 0 saturated heterocycles. The van der Waals surface area contributed by atoms with E-state index in [2.05, 4.69) is 52.8 Å². The van der Waals surface area contributed by atoms with Crippen LogP contribution in [0.15, 0.2) is 48.8 Å². The quantitative estimate of drug-likeness (QED) is 0.774. The largest absolute Gasteiger partial charge is 0.388 e. The SMILES string of the molecule is CNc1cccc(Cc2ccc3c(c2)ncn3C)c1. The van der Waals surface area contributed by atoms with E-state index in [0.717, 1.165) is 17.6 Å². The molecule has 0 amide bonds. The minimum atomic E-state index is 0.933. The molecule has 0 atom stereocenters. The van der Waals surface area contributed by atoms with Crippen molar-refractivity contribution in [3.05, 3.63) is 59.9 Å². The molecule has 3 nitrogen and oxygen atoms in total. The smallest absolute Gasteiger partial charge is 0.0955 e. The Balaban J connectivity index is 1.91. The van der Waals surface area contributed by atoms with Gasteiger partial charge in [0.15, 0.2) is 0 Å². The van der Waals surface area contributed by atoms with Crippen LogP contribution in [-0.2, 0) is 13.5 Å². The van der Waals surface area contributed by atoms with E-state index in [1.165, 1.54) is 16.6 Å². The fourth-order valence-electron chi connectivity index (χ4n) is 2.36. The van der Waals surface area contributed by atoms with Gasteiger partial charge in [-0.15, -0.1) is 0 Å². The van der Waals surface area contributed by atoms with Crippen LogP contribution in [-0.4, -0.2) is 16.6 Å². The zero-order chi connectivity index (χ0) is 13.2. The summed E-state index contributed by atoms with van der Waals surface area (Å²) >= 11 is 0. The van der Waals surface area contributed by atoms with Crippen LogP contribution in [0, 0.1) is 0 Å². The van der Waals surface area contributed by atoms with Gasteiger partial charge in [-0.1, -0.05) is 18.2 Å². The first kappa shape index (κ1) is 11.8. The molecule has 0 unspecified atom stereocenters. The first-order valence-electron chi connectivity index (χ1n) is 6.43. The normalized spacial score (nSPS) is 10.8. The maximum Gasteiger partial charge on any atom is 0.0955 e. The Bertz CT molecular complexity index is 713. The number of benzene rings is 2. The number of aromatic nitrogens is 2. The maximum absolute atomic E-state index is 4.40. The third kappa shape index (κ3) is 2.32. The number of anilines is 1. The fraction of sp³-hybridized carbons (Fsp3) is 0.188. The van der Waals surface area contributed by atoms with Gasteiger partial charge in [0, 0.05) is 19.8 Å². The summed E-state index contributed by atoms with van der Waals surface area (Å²) < 4.78 is 2.04. The van der Waals surface area contributed by atoms with Crippen molar-refractivity contribution in [2.45, 2.75) is 6.42 Å². The van der Waals surface area contributed by atoms with E-state index in [-0.39, 0.29) is 0 Å². The summed E-state index contributed by atoms with van der Waals surface area (Å²) in [5, 5.41) is 3.17. The molecule has 3 aromatic rings. The van der Waals surface area contributed by atoms with Crippen LogP contribution in [0.1, 0.15) is 11.1 Å². The summed E-state index contributed by atoms with van der Waals surface area (Å²) in [6, 6.07) is 15.0. The molecular weight excluding hydrogens is 234 g/mol. The van der Waals surface area contributed by atoms with Crippen molar-refractivity contribution in [1.29, 1.82) is 0 Å².